The van der Waals surface area contributed by atoms with Crippen molar-refractivity contribution in [2.45, 2.75) is 6.73 Å². The molecule has 2 rings (SSSR count). The van der Waals surface area contributed by atoms with Crippen molar-refractivity contribution in [1.29, 1.82) is 0 Å². The van der Waals surface area contributed by atoms with Gasteiger partial charge in [-0.25, -0.2) is 4.68 Å². The van der Waals surface area contributed by atoms with Gasteiger partial charge in [0.05, 0.1) is 25.2 Å². The van der Waals surface area contributed by atoms with E-state index < -0.39 is 0 Å². The van der Waals surface area contributed by atoms with Crippen LogP contribution < -0.4 is 15.2 Å². The first-order valence-electron chi connectivity index (χ1n) is 4.93. The topological polar surface area (TPSA) is 62.3 Å². The molecular formula is C11H12ClN3O2. The molecule has 2 aromatic rings. The van der Waals surface area contributed by atoms with Gasteiger partial charge in [0.25, 0.3) is 0 Å². The van der Waals surface area contributed by atoms with Gasteiger partial charge in [-0.3, -0.25) is 0 Å². The van der Waals surface area contributed by atoms with E-state index in [2.05, 4.69) is 5.10 Å². The third-order valence-corrected chi connectivity index (χ3v) is 2.37. The number of ether oxygens (including phenoxy) is 2. The van der Waals surface area contributed by atoms with Crippen molar-refractivity contribution >= 4 is 17.3 Å². The molecule has 6 heteroatoms. The van der Waals surface area contributed by atoms with Crippen molar-refractivity contribution in [2.75, 3.05) is 12.8 Å². The van der Waals surface area contributed by atoms with Crippen LogP contribution >= 0.6 is 11.6 Å². The zero-order valence-electron chi connectivity index (χ0n) is 9.26. The molecule has 0 bridgehead atoms. The molecule has 0 unspecified atom stereocenters. The molecule has 0 radical (unpaired) electrons. The van der Waals surface area contributed by atoms with E-state index in [0.717, 1.165) is 0 Å². The molecule has 17 heavy (non-hydrogen) atoms. The lowest BCUT2D eigenvalue weighted by atomic mass is 10.3. The quantitative estimate of drug-likeness (QED) is 0.907. The van der Waals surface area contributed by atoms with Crippen LogP contribution in [0.25, 0.3) is 0 Å². The molecule has 1 heterocycles. The maximum atomic E-state index is 5.85. The molecule has 0 aliphatic rings. The highest BCUT2D eigenvalue weighted by Crippen LogP contribution is 2.30. The minimum Gasteiger partial charge on any atom is -0.493 e. The van der Waals surface area contributed by atoms with E-state index in [9.17, 15) is 0 Å². The molecule has 0 aliphatic carbocycles. The van der Waals surface area contributed by atoms with Gasteiger partial charge in [0, 0.05) is 11.1 Å². The van der Waals surface area contributed by atoms with Crippen LogP contribution in [0.5, 0.6) is 11.5 Å². The Balaban J connectivity index is 2.08. The van der Waals surface area contributed by atoms with Crippen molar-refractivity contribution < 1.29 is 9.47 Å². The molecule has 0 saturated carbocycles. The Morgan fingerprint density at radius 1 is 1.41 bits per heavy atom. The second-order valence-electron chi connectivity index (χ2n) is 3.38. The van der Waals surface area contributed by atoms with E-state index >= 15 is 0 Å². The number of anilines is 1. The second-order valence-corrected chi connectivity index (χ2v) is 3.82. The number of halogens is 1. The van der Waals surface area contributed by atoms with Crippen LogP contribution in [0.15, 0.2) is 30.6 Å². The Morgan fingerprint density at radius 3 is 2.88 bits per heavy atom. The fraction of sp³-hybridized carbons (Fsp3) is 0.182. The average molecular weight is 254 g/mol. The van der Waals surface area contributed by atoms with Crippen LogP contribution in [0, 0.1) is 0 Å². The van der Waals surface area contributed by atoms with Crippen LogP contribution in [0.3, 0.4) is 0 Å². The van der Waals surface area contributed by atoms with Gasteiger partial charge in [-0.1, -0.05) is 11.6 Å². The van der Waals surface area contributed by atoms with E-state index in [-0.39, 0.29) is 6.73 Å². The molecule has 2 N–H and O–H groups in total. The number of rotatable bonds is 4. The summed E-state index contributed by atoms with van der Waals surface area (Å²) >= 11 is 5.85. The van der Waals surface area contributed by atoms with Crippen LogP contribution in [0.2, 0.25) is 5.02 Å². The lowest BCUT2D eigenvalue weighted by Gasteiger charge is -2.10. The number of hydrogen-bond donors (Lipinski definition) is 1. The van der Waals surface area contributed by atoms with Crippen LogP contribution in [0.4, 0.5) is 5.69 Å². The van der Waals surface area contributed by atoms with Gasteiger partial charge in [-0.05, 0) is 12.1 Å². The summed E-state index contributed by atoms with van der Waals surface area (Å²) in [5, 5.41) is 4.60. The fourth-order valence-corrected chi connectivity index (χ4v) is 1.51. The van der Waals surface area contributed by atoms with Gasteiger partial charge >= 0.3 is 0 Å². The van der Waals surface area contributed by atoms with Crippen molar-refractivity contribution in [3.8, 4) is 11.5 Å². The molecule has 0 spiro atoms. The lowest BCUT2D eigenvalue weighted by molar-refractivity contribution is 0.211. The molecule has 0 saturated heterocycles. The van der Waals surface area contributed by atoms with E-state index in [1.54, 1.807) is 42.4 Å². The molecular weight excluding hydrogens is 242 g/mol. The van der Waals surface area contributed by atoms with Crippen LogP contribution in [-0.2, 0) is 6.73 Å². The predicted octanol–water partition coefficient (Wildman–Crippen LogP) is 2.16. The summed E-state index contributed by atoms with van der Waals surface area (Å²) in [6.45, 7) is 0.259. The number of hydrogen-bond acceptors (Lipinski definition) is 4. The Hall–Kier alpha value is -1.88. The highest BCUT2D eigenvalue weighted by Gasteiger charge is 2.05. The highest BCUT2D eigenvalue weighted by atomic mass is 35.5. The number of nitrogens with zero attached hydrogens (tertiary/aromatic N) is 2. The van der Waals surface area contributed by atoms with Gasteiger partial charge in [0.2, 0.25) is 0 Å². The summed E-state index contributed by atoms with van der Waals surface area (Å²) in [4.78, 5) is 0. The normalized spacial score (nSPS) is 10.2. The Bertz CT molecular complexity index is 513. The molecule has 1 aromatic heterocycles. The highest BCUT2D eigenvalue weighted by molar-refractivity contribution is 6.30. The number of nitrogens with two attached hydrogens (primary N) is 1. The first kappa shape index (κ1) is 11.6. The van der Waals surface area contributed by atoms with Gasteiger partial charge in [0.1, 0.15) is 0 Å². The van der Waals surface area contributed by atoms with Crippen LogP contribution in [-0.4, -0.2) is 16.9 Å². The summed E-state index contributed by atoms with van der Waals surface area (Å²) < 4.78 is 12.3. The first-order chi connectivity index (χ1) is 8.19. The van der Waals surface area contributed by atoms with Crippen molar-refractivity contribution in [1.82, 2.24) is 9.78 Å². The molecule has 0 fully saturated rings. The smallest absolute Gasteiger partial charge is 0.181 e. The van der Waals surface area contributed by atoms with Crippen LogP contribution in [0.1, 0.15) is 0 Å². The lowest BCUT2D eigenvalue weighted by Crippen LogP contribution is -2.06. The van der Waals surface area contributed by atoms with Gasteiger partial charge in [-0.15, -0.1) is 0 Å². The number of benzene rings is 1. The molecule has 0 atom stereocenters. The Labute approximate surface area is 104 Å². The van der Waals surface area contributed by atoms with Crippen molar-refractivity contribution in [3.63, 3.8) is 0 Å². The maximum Gasteiger partial charge on any atom is 0.181 e. The monoisotopic (exact) mass is 253 g/mol. The van der Waals surface area contributed by atoms with E-state index in [1.807, 2.05) is 0 Å². The zero-order chi connectivity index (χ0) is 12.3. The Kier molecular flexibility index (Phi) is 3.39. The minimum absolute atomic E-state index is 0.259. The molecule has 5 nitrogen and oxygen atoms in total. The van der Waals surface area contributed by atoms with Gasteiger partial charge in [0.15, 0.2) is 18.2 Å². The summed E-state index contributed by atoms with van der Waals surface area (Å²) in [7, 11) is 1.56. The SMILES string of the molecule is COc1cc(Cl)ccc1OCn1cc(N)cn1. The molecule has 1 aromatic carbocycles. The van der Waals surface area contributed by atoms with Crippen molar-refractivity contribution in [3.05, 3.63) is 35.6 Å². The minimum atomic E-state index is 0.259. The molecule has 0 amide bonds. The van der Waals surface area contributed by atoms with E-state index in [0.29, 0.717) is 22.2 Å². The summed E-state index contributed by atoms with van der Waals surface area (Å²) in [5.41, 5.74) is 6.14. The standard InChI is InChI=1S/C11H12ClN3O2/c1-16-11-4-8(12)2-3-10(11)17-7-15-6-9(13)5-14-15/h2-6H,7,13H2,1H3. The first-order valence-corrected chi connectivity index (χ1v) is 5.31. The largest absolute Gasteiger partial charge is 0.493 e. The van der Waals surface area contributed by atoms with E-state index in [4.69, 9.17) is 26.8 Å². The summed E-state index contributed by atoms with van der Waals surface area (Å²) in [6.07, 6.45) is 3.24. The molecule has 90 valence electrons. The maximum absolute atomic E-state index is 5.85. The second kappa shape index (κ2) is 4.97. The third-order valence-electron chi connectivity index (χ3n) is 2.13. The third kappa shape index (κ3) is 2.82. The molecule has 0 aliphatic heterocycles. The summed E-state index contributed by atoms with van der Waals surface area (Å²) in [5.74, 6) is 1.18. The Morgan fingerprint density at radius 2 is 2.24 bits per heavy atom. The summed E-state index contributed by atoms with van der Waals surface area (Å²) in [6, 6.07) is 5.17. The van der Waals surface area contributed by atoms with Gasteiger partial charge in [-0.2, -0.15) is 5.10 Å². The number of methoxy groups -OCH3 is 1. The zero-order valence-corrected chi connectivity index (χ0v) is 10.0. The number of nitrogen functional groups attached to an aromatic ring is 1. The predicted molar refractivity (Wildman–Crippen MR) is 65.3 cm³/mol. The van der Waals surface area contributed by atoms with Crippen molar-refractivity contribution in [2.24, 2.45) is 0 Å². The average Bonchev–Trinajstić information content (AvgIpc) is 2.73. The fourth-order valence-electron chi connectivity index (χ4n) is 1.35. The van der Waals surface area contributed by atoms with E-state index in [1.165, 1.54) is 0 Å². The van der Waals surface area contributed by atoms with Gasteiger partial charge < -0.3 is 15.2 Å². The number of aromatic nitrogens is 2.